The zero-order valence-corrected chi connectivity index (χ0v) is 12.2. The quantitative estimate of drug-likeness (QED) is 0.732. The summed E-state index contributed by atoms with van der Waals surface area (Å²) in [6.07, 6.45) is 10.5. The van der Waals surface area contributed by atoms with Crippen LogP contribution in [-0.4, -0.2) is 24.2 Å². The van der Waals surface area contributed by atoms with E-state index in [9.17, 15) is 4.79 Å². The Morgan fingerprint density at radius 1 is 1.21 bits per heavy atom. The van der Waals surface area contributed by atoms with Gasteiger partial charge in [0.15, 0.2) is 0 Å². The molecule has 4 N–H and O–H groups in total. The molecule has 4 heteroatoms. The highest BCUT2D eigenvalue weighted by atomic mass is 16.2. The van der Waals surface area contributed by atoms with Crippen molar-refractivity contribution in [3.63, 3.8) is 0 Å². The van der Waals surface area contributed by atoms with Gasteiger partial charge in [-0.1, -0.05) is 26.2 Å². The maximum Gasteiger partial charge on any atom is 0.315 e. The number of amides is 2. The number of urea groups is 1. The molecule has 0 unspecified atom stereocenters. The zero-order valence-electron chi connectivity index (χ0n) is 12.2. The Morgan fingerprint density at radius 2 is 1.84 bits per heavy atom. The third-order valence-electron chi connectivity index (χ3n) is 4.97. The molecule has 0 radical (unpaired) electrons. The van der Waals surface area contributed by atoms with Gasteiger partial charge in [0.05, 0.1) is 0 Å². The fourth-order valence-corrected chi connectivity index (χ4v) is 3.40. The first-order valence-corrected chi connectivity index (χ1v) is 7.94. The van der Waals surface area contributed by atoms with Crippen LogP contribution in [0.1, 0.15) is 64.7 Å². The number of nitrogens with two attached hydrogens (primary N) is 1. The average molecular weight is 267 g/mol. The summed E-state index contributed by atoms with van der Waals surface area (Å²) >= 11 is 0. The van der Waals surface area contributed by atoms with Gasteiger partial charge >= 0.3 is 6.03 Å². The number of carbonyl (C=O) groups excluding carboxylic acids is 1. The van der Waals surface area contributed by atoms with Crippen molar-refractivity contribution in [3.05, 3.63) is 0 Å². The Kier molecular flexibility index (Phi) is 5.08. The second kappa shape index (κ2) is 6.60. The van der Waals surface area contributed by atoms with Crippen molar-refractivity contribution in [2.24, 2.45) is 11.7 Å². The lowest BCUT2D eigenvalue weighted by Crippen LogP contribution is -2.54. The summed E-state index contributed by atoms with van der Waals surface area (Å²) in [5.74, 6) is 0.837. The first-order valence-electron chi connectivity index (χ1n) is 7.94. The monoisotopic (exact) mass is 267 g/mol. The van der Waals surface area contributed by atoms with E-state index in [1.807, 2.05) is 0 Å². The predicted octanol–water partition coefficient (Wildman–Crippen LogP) is 2.53. The van der Waals surface area contributed by atoms with Gasteiger partial charge in [0.2, 0.25) is 0 Å². The lowest BCUT2D eigenvalue weighted by Gasteiger charge is -2.37. The summed E-state index contributed by atoms with van der Waals surface area (Å²) in [6.45, 7) is 2.86. The Bertz CT molecular complexity index is 292. The molecule has 2 saturated carbocycles. The van der Waals surface area contributed by atoms with Crippen LogP contribution in [-0.2, 0) is 0 Å². The van der Waals surface area contributed by atoms with Crippen molar-refractivity contribution in [2.45, 2.75) is 76.3 Å². The summed E-state index contributed by atoms with van der Waals surface area (Å²) in [4.78, 5) is 11.8. The molecule has 110 valence electrons. The van der Waals surface area contributed by atoms with E-state index in [1.54, 1.807) is 0 Å². The molecule has 4 nitrogen and oxygen atoms in total. The predicted molar refractivity (Wildman–Crippen MR) is 78.0 cm³/mol. The summed E-state index contributed by atoms with van der Waals surface area (Å²) in [6, 6.07) is 0.346. The summed E-state index contributed by atoms with van der Waals surface area (Å²) in [5.41, 5.74) is 6.21. The van der Waals surface area contributed by atoms with Crippen LogP contribution in [0.5, 0.6) is 0 Å². The summed E-state index contributed by atoms with van der Waals surface area (Å²) < 4.78 is 0. The highest BCUT2D eigenvalue weighted by Gasteiger charge is 2.31. The van der Waals surface area contributed by atoms with Gasteiger partial charge in [0.1, 0.15) is 0 Å². The number of nitrogens with one attached hydrogen (secondary N) is 2. The molecule has 0 atom stereocenters. The zero-order chi connectivity index (χ0) is 13.7. The fourth-order valence-electron chi connectivity index (χ4n) is 3.40. The van der Waals surface area contributed by atoms with Crippen molar-refractivity contribution >= 4 is 6.03 Å². The smallest absolute Gasteiger partial charge is 0.315 e. The number of hydrogen-bond donors (Lipinski definition) is 3. The van der Waals surface area contributed by atoms with Crippen LogP contribution in [0, 0.1) is 5.92 Å². The minimum Gasteiger partial charge on any atom is -0.336 e. The topological polar surface area (TPSA) is 67.1 Å². The van der Waals surface area contributed by atoms with Gasteiger partial charge < -0.3 is 16.4 Å². The van der Waals surface area contributed by atoms with Crippen LogP contribution < -0.4 is 16.4 Å². The van der Waals surface area contributed by atoms with Gasteiger partial charge in [-0.05, 0) is 44.4 Å². The normalized spacial score (nSPS) is 32.2. The lowest BCUT2D eigenvalue weighted by atomic mass is 9.76. The van der Waals surface area contributed by atoms with Crippen molar-refractivity contribution in [1.82, 2.24) is 10.6 Å². The van der Waals surface area contributed by atoms with Crippen LogP contribution in [0.15, 0.2) is 0 Å². The molecule has 2 rings (SSSR count). The molecule has 2 amide bonds. The Morgan fingerprint density at radius 3 is 2.42 bits per heavy atom. The first-order chi connectivity index (χ1) is 9.11. The van der Waals surface area contributed by atoms with E-state index < -0.39 is 0 Å². The van der Waals surface area contributed by atoms with Crippen LogP contribution in [0.2, 0.25) is 0 Å². The van der Waals surface area contributed by atoms with Gasteiger partial charge in [-0.25, -0.2) is 4.79 Å². The number of rotatable bonds is 4. The standard InChI is InChI=1S/C15H29N3O/c1-2-12-7-9-15(16,10-8-12)11-17-14(19)18-13-5-3-4-6-13/h12-13H,2-11,16H2,1H3,(H2,17,18,19). The molecule has 0 aromatic carbocycles. The molecule has 0 bridgehead atoms. The van der Waals surface area contributed by atoms with Crippen LogP contribution in [0.25, 0.3) is 0 Å². The van der Waals surface area contributed by atoms with Gasteiger partial charge in [-0.3, -0.25) is 0 Å². The van der Waals surface area contributed by atoms with E-state index in [0.717, 1.165) is 31.6 Å². The average Bonchev–Trinajstić information content (AvgIpc) is 2.90. The van der Waals surface area contributed by atoms with E-state index in [-0.39, 0.29) is 11.6 Å². The molecule has 0 heterocycles. The molecule has 0 spiro atoms. The second-order valence-electron chi connectivity index (χ2n) is 6.52. The minimum absolute atomic E-state index is 0.0330. The summed E-state index contributed by atoms with van der Waals surface area (Å²) in [7, 11) is 0. The van der Waals surface area contributed by atoms with Crippen molar-refractivity contribution < 1.29 is 4.79 Å². The molecule has 19 heavy (non-hydrogen) atoms. The van der Waals surface area contributed by atoms with Gasteiger partial charge in [0.25, 0.3) is 0 Å². The first kappa shape index (κ1) is 14.6. The van der Waals surface area contributed by atoms with E-state index in [1.165, 1.54) is 32.1 Å². The van der Waals surface area contributed by atoms with Crippen LogP contribution >= 0.6 is 0 Å². The Labute approximate surface area is 116 Å². The molecule has 2 aliphatic carbocycles. The molecular weight excluding hydrogens is 238 g/mol. The fraction of sp³-hybridized carbons (Fsp3) is 0.933. The highest BCUT2D eigenvalue weighted by molar-refractivity contribution is 5.74. The molecule has 0 aliphatic heterocycles. The minimum atomic E-state index is -0.182. The number of carbonyl (C=O) groups is 1. The Balaban J connectivity index is 1.67. The number of hydrogen-bond acceptors (Lipinski definition) is 2. The molecule has 0 aromatic rings. The molecule has 0 saturated heterocycles. The van der Waals surface area contributed by atoms with Gasteiger partial charge in [-0.15, -0.1) is 0 Å². The lowest BCUT2D eigenvalue weighted by molar-refractivity contribution is 0.210. The van der Waals surface area contributed by atoms with E-state index >= 15 is 0 Å². The third-order valence-corrected chi connectivity index (χ3v) is 4.97. The molecule has 2 aliphatic rings. The van der Waals surface area contributed by atoms with Crippen molar-refractivity contribution in [3.8, 4) is 0 Å². The van der Waals surface area contributed by atoms with Crippen LogP contribution in [0.4, 0.5) is 4.79 Å². The molecule has 0 aromatic heterocycles. The van der Waals surface area contributed by atoms with Crippen LogP contribution in [0.3, 0.4) is 0 Å². The third kappa shape index (κ3) is 4.37. The largest absolute Gasteiger partial charge is 0.336 e. The van der Waals surface area contributed by atoms with Crippen molar-refractivity contribution in [2.75, 3.05) is 6.54 Å². The summed E-state index contributed by atoms with van der Waals surface area (Å²) in [5, 5.41) is 6.03. The van der Waals surface area contributed by atoms with Gasteiger partial charge in [-0.2, -0.15) is 0 Å². The van der Waals surface area contributed by atoms with Gasteiger partial charge in [0, 0.05) is 18.1 Å². The van der Waals surface area contributed by atoms with E-state index in [4.69, 9.17) is 5.73 Å². The molecule has 2 fully saturated rings. The highest BCUT2D eigenvalue weighted by Crippen LogP contribution is 2.31. The van der Waals surface area contributed by atoms with E-state index in [0.29, 0.717) is 12.6 Å². The van der Waals surface area contributed by atoms with Crippen molar-refractivity contribution in [1.29, 1.82) is 0 Å². The maximum atomic E-state index is 11.8. The Hall–Kier alpha value is -0.770. The molecular formula is C15H29N3O. The second-order valence-corrected chi connectivity index (χ2v) is 6.52. The van der Waals surface area contributed by atoms with E-state index in [2.05, 4.69) is 17.6 Å². The SMILES string of the molecule is CCC1CCC(N)(CNC(=O)NC2CCCC2)CC1. The maximum absolute atomic E-state index is 11.8.